The molecule has 0 saturated carbocycles. The predicted molar refractivity (Wildman–Crippen MR) is 126 cm³/mol. The van der Waals surface area contributed by atoms with E-state index < -0.39 is 23.4 Å². The molecule has 8 nitrogen and oxygen atoms in total. The van der Waals surface area contributed by atoms with Crippen molar-refractivity contribution in [3.63, 3.8) is 0 Å². The van der Waals surface area contributed by atoms with Gasteiger partial charge in [-0.1, -0.05) is 11.6 Å². The van der Waals surface area contributed by atoms with Crippen molar-refractivity contribution in [1.29, 1.82) is 0 Å². The minimum Gasteiger partial charge on any atom is -0.444 e. The van der Waals surface area contributed by atoms with E-state index in [4.69, 9.17) is 21.1 Å². The number of likely N-dealkylation sites (N-methyl/N-ethyl adjacent to an activating group) is 1. The van der Waals surface area contributed by atoms with Crippen LogP contribution >= 0.6 is 11.6 Å². The molecule has 1 heterocycles. The lowest BCUT2D eigenvalue weighted by Crippen LogP contribution is -2.44. The van der Waals surface area contributed by atoms with E-state index in [1.807, 2.05) is 26.8 Å². The van der Waals surface area contributed by atoms with Crippen molar-refractivity contribution in [1.82, 2.24) is 4.90 Å². The normalized spacial score (nSPS) is 15.5. The molecule has 1 aliphatic heterocycles. The Morgan fingerprint density at radius 2 is 1.55 bits per heavy atom. The van der Waals surface area contributed by atoms with Crippen LogP contribution < -0.4 is 15.1 Å². The van der Waals surface area contributed by atoms with E-state index in [1.54, 1.807) is 33.9 Å². The molecule has 174 valence electrons. The summed E-state index contributed by atoms with van der Waals surface area (Å²) >= 11 is 6.70. The minimum atomic E-state index is -0.651. The van der Waals surface area contributed by atoms with Crippen LogP contribution in [-0.2, 0) is 9.47 Å². The van der Waals surface area contributed by atoms with E-state index in [9.17, 15) is 9.59 Å². The van der Waals surface area contributed by atoms with Gasteiger partial charge in [0, 0.05) is 33.2 Å². The highest BCUT2D eigenvalue weighted by Crippen LogP contribution is 2.38. The van der Waals surface area contributed by atoms with Gasteiger partial charge in [0.15, 0.2) is 0 Å². The van der Waals surface area contributed by atoms with Gasteiger partial charge in [-0.05, 0) is 60.7 Å². The van der Waals surface area contributed by atoms with E-state index >= 15 is 0 Å². The molecule has 1 aromatic rings. The van der Waals surface area contributed by atoms with Crippen LogP contribution in [0.25, 0.3) is 0 Å². The van der Waals surface area contributed by atoms with Gasteiger partial charge in [-0.3, -0.25) is 10.2 Å². The molecule has 1 fully saturated rings. The predicted octanol–water partition coefficient (Wildman–Crippen LogP) is 4.81. The van der Waals surface area contributed by atoms with Gasteiger partial charge < -0.3 is 19.3 Å². The second-order valence-corrected chi connectivity index (χ2v) is 10.2. The number of amides is 2. The number of hydrogen-bond donors (Lipinski definition) is 1. The van der Waals surface area contributed by atoms with Gasteiger partial charge in [0.05, 0.1) is 22.1 Å². The first-order chi connectivity index (χ1) is 14.2. The zero-order valence-electron chi connectivity index (χ0n) is 19.8. The first-order valence-electron chi connectivity index (χ1n) is 10.4. The van der Waals surface area contributed by atoms with Gasteiger partial charge in [0.25, 0.3) is 0 Å². The number of ether oxygens (including phenoxy) is 2. The molecule has 1 N–H and O–H groups in total. The molecule has 0 aromatic heterocycles. The van der Waals surface area contributed by atoms with Gasteiger partial charge in [0.2, 0.25) is 0 Å². The molecule has 2 rings (SSSR count). The van der Waals surface area contributed by atoms with E-state index in [2.05, 4.69) is 22.2 Å². The van der Waals surface area contributed by atoms with Crippen LogP contribution in [-0.4, -0.2) is 68.6 Å². The number of piperazine rings is 1. The molecule has 1 aromatic carbocycles. The fourth-order valence-electron chi connectivity index (χ4n) is 3.01. The average Bonchev–Trinajstić information content (AvgIpc) is 2.60. The van der Waals surface area contributed by atoms with Crippen LogP contribution in [0.4, 0.5) is 26.7 Å². The van der Waals surface area contributed by atoms with Crippen molar-refractivity contribution in [2.24, 2.45) is 0 Å². The van der Waals surface area contributed by atoms with Gasteiger partial charge in [-0.25, -0.2) is 9.59 Å². The fourth-order valence-corrected chi connectivity index (χ4v) is 3.28. The smallest absolute Gasteiger partial charge is 0.414 e. The molecule has 0 spiro atoms. The molecule has 0 radical (unpaired) electrons. The number of anilines is 3. The summed E-state index contributed by atoms with van der Waals surface area (Å²) < 4.78 is 10.9. The second kappa shape index (κ2) is 9.53. The zero-order valence-corrected chi connectivity index (χ0v) is 20.6. The largest absolute Gasteiger partial charge is 0.444 e. The summed E-state index contributed by atoms with van der Waals surface area (Å²) in [5.74, 6) is 0. The van der Waals surface area contributed by atoms with E-state index in [0.29, 0.717) is 16.4 Å². The van der Waals surface area contributed by atoms with E-state index in [-0.39, 0.29) is 0 Å². The first-order valence-corrected chi connectivity index (χ1v) is 10.8. The van der Waals surface area contributed by atoms with Crippen LogP contribution in [0.2, 0.25) is 5.02 Å². The average molecular weight is 455 g/mol. The van der Waals surface area contributed by atoms with E-state index in [1.165, 1.54) is 4.90 Å². The molecular weight excluding hydrogens is 420 g/mol. The number of nitrogens with one attached hydrogen (secondary N) is 1. The maximum Gasteiger partial charge on any atom is 0.414 e. The standard InChI is InChI=1S/C22H35ClN4O4/c1-21(2,3)30-19(28)24-16-13-15(26(8)20(29)31-22(4,5)6)14-17(18(16)23)27-11-9-25(7)10-12-27/h13-14H,9-12H2,1-8H3,(H,24,28). The summed E-state index contributed by atoms with van der Waals surface area (Å²) in [5.41, 5.74) is 0.391. The molecule has 0 aliphatic carbocycles. The maximum atomic E-state index is 12.6. The van der Waals surface area contributed by atoms with Gasteiger partial charge in [0.1, 0.15) is 11.2 Å². The van der Waals surface area contributed by atoms with E-state index in [0.717, 1.165) is 31.9 Å². The Hall–Kier alpha value is -2.19. The highest BCUT2D eigenvalue weighted by Gasteiger charge is 2.26. The van der Waals surface area contributed by atoms with Crippen molar-refractivity contribution in [3.05, 3.63) is 17.2 Å². The van der Waals surface area contributed by atoms with Crippen LogP contribution in [0.5, 0.6) is 0 Å². The molecular formula is C22H35ClN4O4. The van der Waals surface area contributed by atoms with Crippen molar-refractivity contribution in [2.45, 2.75) is 52.7 Å². The quantitative estimate of drug-likeness (QED) is 0.706. The van der Waals surface area contributed by atoms with Crippen LogP contribution in [0.15, 0.2) is 12.1 Å². The Bertz CT molecular complexity index is 809. The molecule has 1 saturated heterocycles. The van der Waals surface area contributed by atoms with Crippen LogP contribution in [0.1, 0.15) is 41.5 Å². The lowest BCUT2D eigenvalue weighted by atomic mass is 10.2. The number of rotatable bonds is 3. The first kappa shape index (κ1) is 25.1. The lowest BCUT2D eigenvalue weighted by molar-refractivity contribution is 0.0587. The molecule has 0 bridgehead atoms. The SMILES string of the molecule is CN1CCN(c2cc(N(C)C(=O)OC(C)(C)C)cc(NC(=O)OC(C)(C)C)c2Cl)CC1. The molecule has 2 amide bonds. The van der Waals surface area contributed by atoms with Crippen molar-refractivity contribution < 1.29 is 19.1 Å². The van der Waals surface area contributed by atoms with Crippen molar-refractivity contribution >= 4 is 40.8 Å². The van der Waals surface area contributed by atoms with Gasteiger partial charge >= 0.3 is 12.2 Å². The van der Waals surface area contributed by atoms with Gasteiger partial charge in [-0.2, -0.15) is 0 Å². The lowest BCUT2D eigenvalue weighted by Gasteiger charge is -2.35. The Labute approximate surface area is 190 Å². The van der Waals surface area contributed by atoms with Crippen molar-refractivity contribution in [2.75, 3.05) is 55.4 Å². The van der Waals surface area contributed by atoms with Crippen LogP contribution in [0, 0.1) is 0 Å². The third kappa shape index (κ3) is 7.47. The number of nitrogens with zero attached hydrogens (tertiary/aromatic N) is 3. The highest BCUT2D eigenvalue weighted by molar-refractivity contribution is 6.36. The molecule has 1 aliphatic rings. The Balaban J connectivity index is 2.41. The number of halogens is 1. The number of carbonyl (C=O) groups is 2. The van der Waals surface area contributed by atoms with Crippen LogP contribution in [0.3, 0.4) is 0 Å². The summed E-state index contributed by atoms with van der Waals surface area (Å²) in [7, 11) is 3.70. The molecule has 0 unspecified atom stereocenters. The molecule has 0 atom stereocenters. The summed E-state index contributed by atoms with van der Waals surface area (Å²) in [6.07, 6.45) is -1.11. The minimum absolute atomic E-state index is 0.373. The van der Waals surface area contributed by atoms with Crippen molar-refractivity contribution in [3.8, 4) is 0 Å². The maximum absolute atomic E-state index is 12.6. The number of benzene rings is 1. The fraction of sp³-hybridized carbons (Fsp3) is 0.636. The molecule has 9 heteroatoms. The monoisotopic (exact) mass is 454 g/mol. The summed E-state index contributed by atoms with van der Waals surface area (Å²) in [6.45, 7) is 14.1. The summed E-state index contributed by atoms with van der Waals surface area (Å²) in [4.78, 5) is 30.8. The third-order valence-electron chi connectivity index (χ3n) is 4.57. The number of carbonyl (C=O) groups excluding carboxylic acids is 2. The second-order valence-electron chi connectivity index (χ2n) is 9.78. The Morgan fingerprint density at radius 3 is 2.06 bits per heavy atom. The topological polar surface area (TPSA) is 74.4 Å². The summed E-state index contributed by atoms with van der Waals surface area (Å²) in [6, 6.07) is 3.49. The highest BCUT2D eigenvalue weighted by atomic mass is 35.5. The third-order valence-corrected chi connectivity index (χ3v) is 4.97. The Morgan fingerprint density at radius 1 is 1.00 bits per heavy atom. The summed E-state index contributed by atoms with van der Waals surface area (Å²) in [5, 5.41) is 3.13. The zero-order chi connectivity index (χ0) is 23.6. The Kier molecular flexibility index (Phi) is 7.70. The molecule has 31 heavy (non-hydrogen) atoms. The van der Waals surface area contributed by atoms with Gasteiger partial charge in [-0.15, -0.1) is 0 Å². The number of hydrogen-bond acceptors (Lipinski definition) is 6.